The van der Waals surface area contributed by atoms with E-state index in [0.717, 1.165) is 0 Å². The molecule has 0 saturated carbocycles. The van der Waals surface area contributed by atoms with Crippen molar-refractivity contribution in [1.29, 1.82) is 0 Å². The second-order valence-electron chi connectivity index (χ2n) is 4.24. The third-order valence-corrected chi connectivity index (χ3v) is 3.08. The normalized spacial score (nSPS) is 11.9. The minimum absolute atomic E-state index is 0.185. The lowest BCUT2D eigenvalue weighted by Gasteiger charge is -2.15. The van der Waals surface area contributed by atoms with Crippen LogP contribution in [0.25, 0.3) is 0 Å². The fourth-order valence-corrected chi connectivity index (χ4v) is 2.36. The first-order valence-electron chi connectivity index (χ1n) is 5.94. The number of hydrogen-bond donors (Lipinski definition) is 1. The van der Waals surface area contributed by atoms with E-state index in [-0.39, 0.29) is 6.42 Å². The molecule has 0 amide bonds. The molecule has 2 aromatic rings. The van der Waals surface area contributed by atoms with Gasteiger partial charge in [-0.2, -0.15) is 0 Å². The van der Waals surface area contributed by atoms with Crippen LogP contribution < -0.4 is 4.74 Å². The molecule has 0 saturated heterocycles. The van der Waals surface area contributed by atoms with Crippen molar-refractivity contribution in [2.24, 2.45) is 0 Å². The molecule has 0 fully saturated rings. The molecule has 0 aromatic heterocycles. The molecular formula is C15H12Cl2O3. The molecule has 0 aliphatic carbocycles. The summed E-state index contributed by atoms with van der Waals surface area (Å²) in [6, 6.07) is 13.8. The number of carbonyl (C=O) groups is 1. The van der Waals surface area contributed by atoms with E-state index in [1.54, 1.807) is 42.5 Å². The fourth-order valence-electron chi connectivity index (χ4n) is 1.79. The van der Waals surface area contributed by atoms with E-state index in [4.69, 9.17) is 27.9 Å². The molecule has 0 aliphatic heterocycles. The SMILES string of the molecule is O=C(O)C(Cc1cc(Cl)cc(Cl)c1)Oc1ccccc1. The van der Waals surface area contributed by atoms with Gasteiger partial charge in [0, 0.05) is 16.5 Å². The quantitative estimate of drug-likeness (QED) is 0.905. The van der Waals surface area contributed by atoms with Crippen molar-refractivity contribution in [1.82, 2.24) is 0 Å². The van der Waals surface area contributed by atoms with Gasteiger partial charge in [-0.25, -0.2) is 4.79 Å². The molecule has 2 rings (SSSR count). The van der Waals surface area contributed by atoms with Crippen molar-refractivity contribution < 1.29 is 14.6 Å². The third kappa shape index (κ3) is 4.15. The smallest absolute Gasteiger partial charge is 0.345 e. The highest BCUT2D eigenvalue weighted by Gasteiger charge is 2.20. The van der Waals surface area contributed by atoms with Crippen LogP contribution in [0, 0.1) is 0 Å². The zero-order valence-corrected chi connectivity index (χ0v) is 11.9. The first kappa shape index (κ1) is 14.7. The van der Waals surface area contributed by atoms with Crippen molar-refractivity contribution in [2.45, 2.75) is 12.5 Å². The van der Waals surface area contributed by atoms with Crippen LogP contribution in [0.1, 0.15) is 5.56 Å². The average Bonchev–Trinajstić information content (AvgIpc) is 2.38. The molecule has 20 heavy (non-hydrogen) atoms. The highest BCUT2D eigenvalue weighted by atomic mass is 35.5. The maximum atomic E-state index is 11.3. The Hall–Kier alpha value is -1.71. The van der Waals surface area contributed by atoms with Crippen LogP contribution in [0.4, 0.5) is 0 Å². The number of aliphatic carboxylic acids is 1. The maximum absolute atomic E-state index is 11.3. The first-order chi connectivity index (χ1) is 9.54. The molecule has 1 N–H and O–H groups in total. The molecule has 1 atom stereocenters. The summed E-state index contributed by atoms with van der Waals surface area (Å²) in [5.41, 5.74) is 0.714. The summed E-state index contributed by atoms with van der Waals surface area (Å²) in [5.74, 6) is -0.530. The van der Waals surface area contributed by atoms with Crippen molar-refractivity contribution >= 4 is 29.2 Å². The number of para-hydroxylation sites is 1. The van der Waals surface area contributed by atoms with Gasteiger partial charge in [0.1, 0.15) is 5.75 Å². The molecular weight excluding hydrogens is 299 g/mol. The molecule has 0 aliphatic rings. The van der Waals surface area contributed by atoms with Crippen molar-refractivity contribution in [3.63, 3.8) is 0 Å². The van der Waals surface area contributed by atoms with E-state index >= 15 is 0 Å². The third-order valence-electron chi connectivity index (χ3n) is 2.64. The molecule has 0 spiro atoms. The summed E-state index contributed by atoms with van der Waals surface area (Å²) < 4.78 is 5.47. The fraction of sp³-hybridized carbons (Fsp3) is 0.133. The Morgan fingerprint density at radius 2 is 1.70 bits per heavy atom. The zero-order chi connectivity index (χ0) is 14.5. The summed E-state index contributed by atoms with van der Waals surface area (Å²) in [7, 11) is 0. The standard InChI is InChI=1S/C15H12Cl2O3/c16-11-6-10(7-12(17)9-11)8-14(15(18)19)20-13-4-2-1-3-5-13/h1-7,9,14H,8H2,(H,18,19). The number of ether oxygens (including phenoxy) is 1. The van der Waals surface area contributed by atoms with Crippen LogP contribution in [0.5, 0.6) is 5.75 Å². The Morgan fingerprint density at radius 1 is 1.10 bits per heavy atom. The molecule has 0 heterocycles. The van der Waals surface area contributed by atoms with Crippen LogP contribution >= 0.6 is 23.2 Å². The predicted molar refractivity (Wildman–Crippen MR) is 78.7 cm³/mol. The van der Waals surface area contributed by atoms with Crippen LogP contribution in [-0.2, 0) is 11.2 Å². The Kier molecular flexibility index (Phi) is 4.88. The second-order valence-corrected chi connectivity index (χ2v) is 5.11. The van der Waals surface area contributed by atoms with E-state index in [0.29, 0.717) is 21.4 Å². The first-order valence-corrected chi connectivity index (χ1v) is 6.69. The van der Waals surface area contributed by atoms with Crippen molar-refractivity contribution in [3.8, 4) is 5.75 Å². The van der Waals surface area contributed by atoms with E-state index in [9.17, 15) is 9.90 Å². The molecule has 104 valence electrons. The highest BCUT2D eigenvalue weighted by molar-refractivity contribution is 6.34. The molecule has 5 heteroatoms. The molecule has 3 nitrogen and oxygen atoms in total. The average molecular weight is 311 g/mol. The van der Waals surface area contributed by atoms with Gasteiger partial charge in [0.2, 0.25) is 0 Å². The van der Waals surface area contributed by atoms with Gasteiger partial charge >= 0.3 is 5.97 Å². The van der Waals surface area contributed by atoms with E-state index < -0.39 is 12.1 Å². The van der Waals surface area contributed by atoms with E-state index in [1.807, 2.05) is 6.07 Å². The van der Waals surface area contributed by atoms with Crippen LogP contribution in [0.2, 0.25) is 10.0 Å². The Morgan fingerprint density at radius 3 is 2.25 bits per heavy atom. The van der Waals surface area contributed by atoms with Gasteiger partial charge in [0.05, 0.1) is 0 Å². The second kappa shape index (κ2) is 6.64. The minimum Gasteiger partial charge on any atom is -0.478 e. The number of carboxylic acids is 1. The van der Waals surface area contributed by atoms with Crippen LogP contribution in [-0.4, -0.2) is 17.2 Å². The summed E-state index contributed by atoms with van der Waals surface area (Å²) >= 11 is 11.8. The van der Waals surface area contributed by atoms with Gasteiger partial charge in [0.15, 0.2) is 6.10 Å². The highest BCUT2D eigenvalue weighted by Crippen LogP contribution is 2.21. The number of rotatable bonds is 5. The van der Waals surface area contributed by atoms with E-state index in [2.05, 4.69) is 0 Å². The lowest BCUT2D eigenvalue weighted by Crippen LogP contribution is -2.29. The van der Waals surface area contributed by atoms with Gasteiger partial charge in [-0.15, -0.1) is 0 Å². The lowest BCUT2D eigenvalue weighted by atomic mass is 10.1. The Balaban J connectivity index is 2.15. The van der Waals surface area contributed by atoms with Crippen molar-refractivity contribution in [2.75, 3.05) is 0 Å². The number of benzene rings is 2. The van der Waals surface area contributed by atoms with E-state index in [1.165, 1.54) is 0 Å². The van der Waals surface area contributed by atoms with Gasteiger partial charge < -0.3 is 9.84 Å². The van der Waals surface area contributed by atoms with Gasteiger partial charge in [-0.3, -0.25) is 0 Å². The molecule has 2 aromatic carbocycles. The summed E-state index contributed by atoms with van der Waals surface area (Å²) in [5, 5.41) is 10.2. The Labute approximate surface area is 126 Å². The number of carboxylic acid groups (broad SMARTS) is 1. The van der Waals surface area contributed by atoms with Gasteiger partial charge in [-0.05, 0) is 35.9 Å². The molecule has 0 bridgehead atoms. The molecule has 1 unspecified atom stereocenters. The largest absolute Gasteiger partial charge is 0.478 e. The van der Waals surface area contributed by atoms with Crippen LogP contribution in [0.3, 0.4) is 0 Å². The number of hydrogen-bond acceptors (Lipinski definition) is 2. The summed E-state index contributed by atoms with van der Waals surface area (Å²) in [6.07, 6.45) is -0.809. The minimum atomic E-state index is -1.04. The topological polar surface area (TPSA) is 46.5 Å². The summed E-state index contributed by atoms with van der Waals surface area (Å²) in [4.78, 5) is 11.3. The number of halogens is 2. The maximum Gasteiger partial charge on any atom is 0.345 e. The van der Waals surface area contributed by atoms with Gasteiger partial charge in [0.25, 0.3) is 0 Å². The molecule has 0 radical (unpaired) electrons. The van der Waals surface area contributed by atoms with Gasteiger partial charge in [-0.1, -0.05) is 41.4 Å². The predicted octanol–water partition coefficient (Wildman–Crippen LogP) is 4.07. The monoisotopic (exact) mass is 310 g/mol. The zero-order valence-electron chi connectivity index (χ0n) is 10.4. The Bertz CT molecular complexity index is 579. The lowest BCUT2D eigenvalue weighted by molar-refractivity contribution is -0.145. The summed E-state index contributed by atoms with van der Waals surface area (Å²) in [6.45, 7) is 0. The van der Waals surface area contributed by atoms with Crippen molar-refractivity contribution in [3.05, 3.63) is 64.1 Å². The van der Waals surface area contributed by atoms with Crippen LogP contribution in [0.15, 0.2) is 48.5 Å².